The molecule has 0 aromatic rings. The predicted octanol–water partition coefficient (Wildman–Crippen LogP) is 2.88. The molecule has 0 spiro atoms. The molecule has 1 N–H and O–H groups in total. The van der Waals surface area contributed by atoms with Gasteiger partial charge in [-0.1, -0.05) is 27.2 Å². The van der Waals surface area contributed by atoms with Crippen molar-refractivity contribution in [1.82, 2.24) is 0 Å². The first-order valence-electron chi connectivity index (χ1n) is 4.84. The fourth-order valence-corrected chi connectivity index (χ4v) is 1.96. The molecule has 0 radical (unpaired) electrons. The van der Waals surface area contributed by atoms with Crippen LogP contribution in [0.15, 0.2) is 0 Å². The Kier molecular flexibility index (Phi) is 7.14. The molecule has 0 heterocycles. The summed E-state index contributed by atoms with van der Waals surface area (Å²) in [7, 11) is 0. The highest BCUT2D eigenvalue weighted by molar-refractivity contribution is 7.99. The van der Waals surface area contributed by atoms with Gasteiger partial charge in [0.1, 0.15) is 0 Å². The maximum absolute atomic E-state index is 10.5. The van der Waals surface area contributed by atoms with Gasteiger partial charge in [0.05, 0.1) is 5.92 Å². The normalized spacial score (nSPS) is 13.2. The lowest BCUT2D eigenvalue weighted by Gasteiger charge is -2.06. The van der Waals surface area contributed by atoms with E-state index in [1.807, 2.05) is 0 Å². The van der Waals surface area contributed by atoms with Gasteiger partial charge in [0.2, 0.25) is 0 Å². The number of carboxylic acids is 1. The first kappa shape index (κ1) is 12.8. The molecule has 13 heavy (non-hydrogen) atoms. The average Bonchev–Trinajstić information content (AvgIpc) is 2.02. The molecule has 2 nitrogen and oxygen atoms in total. The Balaban J connectivity index is 3.21. The van der Waals surface area contributed by atoms with E-state index in [4.69, 9.17) is 5.11 Å². The minimum atomic E-state index is -0.684. The van der Waals surface area contributed by atoms with Crippen LogP contribution in [0.4, 0.5) is 0 Å². The van der Waals surface area contributed by atoms with Crippen molar-refractivity contribution in [3.05, 3.63) is 0 Å². The highest BCUT2D eigenvalue weighted by Gasteiger charge is 2.09. The predicted molar refractivity (Wildman–Crippen MR) is 58.2 cm³/mol. The van der Waals surface area contributed by atoms with E-state index in [1.165, 1.54) is 12.8 Å². The molecule has 3 heteroatoms. The number of hydrogen-bond donors (Lipinski definition) is 1. The van der Waals surface area contributed by atoms with Gasteiger partial charge in [-0.05, 0) is 18.1 Å². The average molecular weight is 204 g/mol. The maximum Gasteiger partial charge on any atom is 0.307 e. The summed E-state index contributed by atoms with van der Waals surface area (Å²) in [6, 6.07) is 0. The van der Waals surface area contributed by atoms with Crippen LogP contribution in [-0.2, 0) is 4.79 Å². The second kappa shape index (κ2) is 7.25. The molecule has 0 saturated carbocycles. The van der Waals surface area contributed by atoms with Crippen molar-refractivity contribution in [2.24, 2.45) is 11.8 Å². The number of thioether (sulfide) groups is 1. The SMILES string of the molecule is CC(C)CCCSCC(C)C(=O)O. The number of hydrogen-bond acceptors (Lipinski definition) is 2. The molecule has 0 aromatic carbocycles. The summed E-state index contributed by atoms with van der Waals surface area (Å²) >= 11 is 1.75. The number of rotatable bonds is 7. The van der Waals surface area contributed by atoms with Gasteiger partial charge in [-0.2, -0.15) is 11.8 Å². The van der Waals surface area contributed by atoms with Gasteiger partial charge >= 0.3 is 5.97 Å². The molecule has 0 bridgehead atoms. The fourth-order valence-electron chi connectivity index (χ4n) is 0.925. The van der Waals surface area contributed by atoms with Crippen molar-refractivity contribution in [1.29, 1.82) is 0 Å². The zero-order chi connectivity index (χ0) is 10.3. The lowest BCUT2D eigenvalue weighted by molar-refractivity contribution is -0.140. The second-order valence-corrected chi connectivity index (χ2v) is 5.00. The van der Waals surface area contributed by atoms with E-state index < -0.39 is 5.97 Å². The summed E-state index contributed by atoms with van der Waals surface area (Å²) < 4.78 is 0. The van der Waals surface area contributed by atoms with E-state index in [0.29, 0.717) is 0 Å². The van der Waals surface area contributed by atoms with Crippen LogP contribution < -0.4 is 0 Å². The summed E-state index contributed by atoms with van der Waals surface area (Å²) in [6.45, 7) is 6.19. The Morgan fingerprint density at radius 1 is 1.38 bits per heavy atom. The molecule has 0 amide bonds. The van der Waals surface area contributed by atoms with Gasteiger partial charge in [0.25, 0.3) is 0 Å². The topological polar surface area (TPSA) is 37.3 Å². The highest BCUT2D eigenvalue weighted by Crippen LogP contribution is 2.13. The van der Waals surface area contributed by atoms with Crippen molar-refractivity contribution in [3.8, 4) is 0 Å². The minimum absolute atomic E-state index is 0.205. The first-order chi connectivity index (χ1) is 6.04. The number of carbonyl (C=O) groups is 1. The summed E-state index contributed by atoms with van der Waals surface area (Å²) in [6.07, 6.45) is 2.45. The molecule has 0 aliphatic rings. The van der Waals surface area contributed by atoms with E-state index in [2.05, 4.69) is 13.8 Å². The fraction of sp³-hybridized carbons (Fsp3) is 0.900. The Hall–Kier alpha value is -0.180. The molecule has 1 unspecified atom stereocenters. The smallest absolute Gasteiger partial charge is 0.307 e. The second-order valence-electron chi connectivity index (χ2n) is 3.85. The van der Waals surface area contributed by atoms with Gasteiger partial charge in [-0.15, -0.1) is 0 Å². The summed E-state index contributed by atoms with van der Waals surface area (Å²) in [5, 5.41) is 8.61. The van der Waals surface area contributed by atoms with Gasteiger partial charge in [-0.25, -0.2) is 0 Å². The van der Waals surface area contributed by atoms with Gasteiger partial charge in [-0.3, -0.25) is 4.79 Å². The Morgan fingerprint density at radius 2 is 2.00 bits per heavy atom. The Bertz CT molecular complexity index is 146. The largest absolute Gasteiger partial charge is 0.481 e. The third kappa shape index (κ3) is 8.16. The minimum Gasteiger partial charge on any atom is -0.481 e. The zero-order valence-corrected chi connectivity index (χ0v) is 9.56. The van der Waals surface area contributed by atoms with Crippen LogP contribution in [0.25, 0.3) is 0 Å². The Morgan fingerprint density at radius 3 is 2.46 bits per heavy atom. The summed E-state index contributed by atoms with van der Waals surface area (Å²) in [5.74, 6) is 1.71. The van der Waals surface area contributed by atoms with Crippen LogP contribution in [0.2, 0.25) is 0 Å². The van der Waals surface area contributed by atoms with Gasteiger partial charge in [0, 0.05) is 5.75 Å². The van der Waals surface area contributed by atoms with Crippen molar-refractivity contribution in [2.75, 3.05) is 11.5 Å². The van der Waals surface area contributed by atoms with Crippen LogP contribution in [0.3, 0.4) is 0 Å². The molecular formula is C10H20O2S. The van der Waals surface area contributed by atoms with Crippen molar-refractivity contribution in [3.63, 3.8) is 0 Å². The molecule has 0 rings (SSSR count). The van der Waals surface area contributed by atoms with E-state index in [0.717, 1.165) is 17.4 Å². The zero-order valence-electron chi connectivity index (χ0n) is 8.75. The maximum atomic E-state index is 10.5. The lowest BCUT2D eigenvalue weighted by Crippen LogP contribution is -2.12. The van der Waals surface area contributed by atoms with Crippen LogP contribution in [0.1, 0.15) is 33.6 Å². The van der Waals surface area contributed by atoms with E-state index >= 15 is 0 Å². The molecule has 0 fully saturated rings. The van der Waals surface area contributed by atoms with Crippen LogP contribution >= 0.6 is 11.8 Å². The summed E-state index contributed by atoms with van der Waals surface area (Å²) in [5.41, 5.74) is 0. The molecule has 0 aliphatic heterocycles. The standard InChI is InChI=1S/C10H20O2S/c1-8(2)5-4-6-13-7-9(3)10(11)12/h8-9H,4-7H2,1-3H3,(H,11,12). The quantitative estimate of drug-likeness (QED) is 0.648. The number of aliphatic carboxylic acids is 1. The molecule has 1 atom stereocenters. The first-order valence-corrected chi connectivity index (χ1v) is 6.00. The van der Waals surface area contributed by atoms with Crippen LogP contribution in [0, 0.1) is 11.8 Å². The van der Waals surface area contributed by atoms with Crippen molar-refractivity contribution < 1.29 is 9.90 Å². The van der Waals surface area contributed by atoms with Crippen LogP contribution in [0.5, 0.6) is 0 Å². The lowest BCUT2D eigenvalue weighted by atomic mass is 10.1. The van der Waals surface area contributed by atoms with Crippen LogP contribution in [-0.4, -0.2) is 22.6 Å². The van der Waals surface area contributed by atoms with Gasteiger partial charge < -0.3 is 5.11 Å². The molecule has 0 saturated heterocycles. The Labute approximate surface area is 85.1 Å². The van der Waals surface area contributed by atoms with E-state index in [-0.39, 0.29) is 5.92 Å². The third-order valence-corrected chi connectivity index (χ3v) is 3.17. The van der Waals surface area contributed by atoms with Crippen molar-refractivity contribution >= 4 is 17.7 Å². The van der Waals surface area contributed by atoms with Crippen molar-refractivity contribution in [2.45, 2.75) is 33.6 Å². The number of carboxylic acid groups (broad SMARTS) is 1. The monoisotopic (exact) mass is 204 g/mol. The molecule has 0 aliphatic carbocycles. The molecule has 78 valence electrons. The molecular weight excluding hydrogens is 184 g/mol. The highest BCUT2D eigenvalue weighted by atomic mass is 32.2. The van der Waals surface area contributed by atoms with Gasteiger partial charge in [0.15, 0.2) is 0 Å². The van der Waals surface area contributed by atoms with E-state index in [1.54, 1.807) is 18.7 Å². The summed E-state index contributed by atoms with van der Waals surface area (Å²) in [4.78, 5) is 10.5. The molecule has 0 aromatic heterocycles. The third-order valence-electron chi connectivity index (χ3n) is 1.86. The van der Waals surface area contributed by atoms with E-state index in [9.17, 15) is 4.79 Å².